The van der Waals surface area contributed by atoms with Crippen LogP contribution < -0.4 is 21.1 Å². The predicted octanol–water partition coefficient (Wildman–Crippen LogP) is 2.07. The van der Waals surface area contributed by atoms with Crippen LogP contribution in [0.4, 0.5) is 0 Å². The molecule has 0 radical (unpaired) electrons. The predicted molar refractivity (Wildman–Crippen MR) is 99.6 cm³/mol. The van der Waals surface area contributed by atoms with Gasteiger partial charge in [-0.15, -0.1) is 0 Å². The highest BCUT2D eigenvalue weighted by atomic mass is 35.5. The van der Waals surface area contributed by atoms with E-state index in [2.05, 4.69) is 15.6 Å². The third-order valence-corrected chi connectivity index (χ3v) is 3.59. The van der Waals surface area contributed by atoms with Crippen LogP contribution >= 0.6 is 11.6 Å². The number of rotatable bonds is 7. The summed E-state index contributed by atoms with van der Waals surface area (Å²) in [6.07, 6.45) is 0. The number of nitrogens with two attached hydrogens (primary N) is 1. The van der Waals surface area contributed by atoms with Gasteiger partial charge in [-0.2, -0.15) is 0 Å². The SMILES string of the molecule is CN=C(NCc1ccc(Cl)cc1)NCc1cccc(OCC(N)=O)c1. The monoisotopic (exact) mass is 360 g/mol. The number of amides is 1. The van der Waals surface area contributed by atoms with Crippen molar-refractivity contribution in [2.24, 2.45) is 10.7 Å². The molecule has 25 heavy (non-hydrogen) atoms. The minimum atomic E-state index is -0.504. The van der Waals surface area contributed by atoms with E-state index in [-0.39, 0.29) is 6.61 Å². The van der Waals surface area contributed by atoms with E-state index in [1.54, 1.807) is 13.1 Å². The fourth-order valence-corrected chi connectivity index (χ4v) is 2.22. The molecule has 0 heterocycles. The maximum atomic E-state index is 10.8. The van der Waals surface area contributed by atoms with Gasteiger partial charge in [0.1, 0.15) is 5.75 Å². The Labute approximate surface area is 152 Å². The number of aliphatic imine (C=N–C) groups is 1. The van der Waals surface area contributed by atoms with Gasteiger partial charge in [0.05, 0.1) is 0 Å². The van der Waals surface area contributed by atoms with Crippen LogP contribution in [0.3, 0.4) is 0 Å². The summed E-state index contributed by atoms with van der Waals surface area (Å²) < 4.78 is 5.30. The maximum Gasteiger partial charge on any atom is 0.255 e. The molecule has 0 bridgehead atoms. The Kier molecular flexibility index (Phi) is 7.10. The standard InChI is InChI=1S/C18H21ClN4O2/c1-21-18(22-10-13-5-7-15(19)8-6-13)23-11-14-3-2-4-16(9-14)25-12-17(20)24/h2-9H,10-12H2,1H3,(H2,20,24)(H2,21,22,23). The van der Waals surface area contributed by atoms with E-state index in [1.807, 2.05) is 42.5 Å². The van der Waals surface area contributed by atoms with Gasteiger partial charge in [0, 0.05) is 25.2 Å². The van der Waals surface area contributed by atoms with Crippen molar-refractivity contribution in [1.82, 2.24) is 10.6 Å². The zero-order valence-electron chi connectivity index (χ0n) is 14.0. The summed E-state index contributed by atoms with van der Waals surface area (Å²) in [5.41, 5.74) is 7.18. The van der Waals surface area contributed by atoms with Crippen molar-refractivity contribution >= 4 is 23.5 Å². The number of carbonyl (C=O) groups excluding carboxylic acids is 1. The number of halogens is 1. The van der Waals surface area contributed by atoms with Crippen molar-refractivity contribution in [2.75, 3.05) is 13.7 Å². The third kappa shape index (κ3) is 6.73. The third-order valence-electron chi connectivity index (χ3n) is 3.34. The summed E-state index contributed by atoms with van der Waals surface area (Å²) in [7, 11) is 1.71. The summed E-state index contributed by atoms with van der Waals surface area (Å²) >= 11 is 5.88. The number of benzene rings is 2. The summed E-state index contributed by atoms with van der Waals surface area (Å²) in [5, 5.41) is 7.17. The Morgan fingerprint density at radius 3 is 2.44 bits per heavy atom. The first kappa shape index (κ1) is 18.6. The smallest absolute Gasteiger partial charge is 0.255 e. The second-order valence-corrected chi connectivity index (χ2v) is 5.74. The lowest BCUT2D eigenvalue weighted by molar-refractivity contribution is -0.119. The van der Waals surface area contributed by atoms with Crippen LogP contribution in [0.15, 0.2) is 53.5 Å². The van der Waals surface area contributed by atoms with Gasteiger partial charge in [-0.1, -0.05) is 35.9 Å². The zero-order valence-corrected chi connectivity index (χ0v) is 14.7. The number of primary amides is 1. The van der Waals surface area contributed by atoms with Gasteiger partial charge in [-0.25, -0.2) is 0 Å². The molecular weight excluding hydrogens is 340 g/mol. The van der Waals surface area contributed by atoms with Gasteiger partial charge in [-0.05, 0) is 35.4 Å². The van der Waals surface area contributed by atoms with Crippen molar-refractivity contribution in [3.05, 3.63) is 64.7 Å². The Hall–Kier alpha value is -2.73. The van der Waals surface area contributed by atoms with Crippen molar-refractivity contribution in [1.29, 1.82) is 0 Å². The van der Waals surface area contributed by atoms with Crippen LogP contribution in [-0.2, 0) is 17.9 Å². The minimum absolute atomic E-state index is 0.138. The highest BCUT2D eigenvalue weighted by molar-refractivity contribution is 6.30. The van der Waals surface area contributed by atoms with E-state index >= 15 is 0 Å². The summed E-state index contributed by atoms with van der Waals surface area (Å²) in [6, 6.07) is 15.1. The topological polar surface area (TPSA) is 88.7 Å². The molecular formula is C18H21ClN4O2. The van der Waals surface area contributed by atoms with E-state index in [1.165, 1.54) is 0 Å². The number of carbonyl (C=O) groups is 1. The van der Waals surface area contributed by atoms with E-state index in [0.29, 0.717) is 29.8 Å². The van der Waals surface area contributed by atoms with E-state index in [9.17, 15) is 4.79 Å². The van der Waals surface area contributed by atoms with Crippen LogP contribution in [-0.4, -0.2) is 25.5 Å². The van der Waals surface area contributed by atoms with Gasteiger partial charge in [0.15, 0.2) is 12.6 Å². The number of hydrogen-bond donors (Lipinski definition) is 3. The van der Waals surface area contributed by atoms with Crippen LogP contribution in [0.2, 0.25) is 5.02 Å². The summed E-state index contributed by atoms with van der Waals surface area (Å²) in [4.78, 5) is 15.0. The molecule has 0 aliphatic rings. The molecule has 0 fully saturated rings. The molecule has 132 valence electrons. The van der Waals surface area contributed by atoms with Crippen molar-refractivity contribution in [3.63, 3.8) is 0 Å². The first-order valence-electron chi connectivity index (χ1n) is 7.76. The van der Waals surface area contributed by atoms with Gasteiger partial charge < -0.3 is 21.1 Å². The number of ether oxygens (including phenoxy) is 1. The molecule has 0 spiro atoms. The van der Waals surface area contributed by atoms with Crippen molar-refractivity contribution in [2.45, 2.75) is 13.1 Å². The molecule has 0 aliphatic heterocycles. The Morgan fingerprint density at radius 2 is 1.80 bits per heavy atom. The van der Waals surface area contributed by atoms with Crippen LogP contribution in [0.1, 0.15) is 11.1 Å². The highest BCUT2D eigenvalue weighted by Gasteiger charge is 2.02. The lowest BCUT2D eigenvalue weighted by Gasteiger charge is -2.13. The number of nitrogens with zero attached hydrogens (tertiary/aromatic N) is 1. The van der Waals surface area contributed by atoms with E-state index in [0.717, 1.165) is 11.1 Å². The van der Waals surface area contributed by atoms with Crippen LogP contribution in [0.25, 0.3) is 0 Å². The molecule has 1 amide bonds. The maximum absolute atomic E-state index is 10.8. The second-order valence-electron chi connectivity index (χ2n) is 5.31. The molecule has 0 aromatic heterocycles. The van der Waals surface area contributed by atoms with Gasteiger partial charge in [-0.3, -0.25) is 9.79 Å². The van der Waals surface area contributed by atoms with Crippen molar-refractivity contribution in [3.8, 4) is 5.75 Å². The first-order valence-corrected chi connectivity index (χ1v) is 8.13. The average molecular weight is 361 g/mol. The fraction of sp³-hybridized carbons (Fsp3) is 0.222. The molecule has 0 atom stereocenters. The average Bonchev–Trinajstić information content (AvgIpc) is 2.62. The van der Waals surface area contributed by atoms with Gasteiger partial charge in [0.25, 0.3) is 5.91 Å². The van der Waals surface area contributed by atoms with Crippen molar-refractivity contribution < 1.29 is 9.53 Å². The molecule has 0 aliphatic carbocycles. The quantitative estimate of drug-likeness (QED) is 0.521. The summed E-state index contributed by atoms with van der Waals surface area (Å²) in [6.45, 7) is 1.06. The normalized spacial score (nSPS) is 11.0. The minimum Gasteiger partial charge on any atom is -0.484 e. The van der Waals surface area contributed by atoms with E-state index < -0.39 is 5.91 Å². The molecule has 0 saturated heterocycles. The van der Waals surface area contributed by atoms with E-state index in [4.69, 9.17) is 22.1 Å². The zero-order chi connectivity index (χ0) is 18.1. The number of nitrogens with one attached hydrogen (secondary N) is 2. The lowest BCUT2D eigenvalue weighted by Crippen LogP contribution is -2.36. The molecule has 4 N–H and O–H groups in total. The number of guanidine groups is 1. The Balaban J connectivity index is 1.84. The first-order chi connectivity index (χ1) is 12.1. The molecule has 2 aromatic rings. The second kappa shape index (κ2) is 9.54. The van der Waals surface area contributed by atoms with Gasteiger partial charge in [0.2, 0.25) is 0 Å². The molecule has 0 unspecified atom stereocenters. The highest BCUT2D eigenvalue weighted by Crippen LogP contribution is 2.13. The molecule has 6 nitrogen and oxygen atoms in total. The molecule has 2 rings (SSSR count). The largest absolute Gasteiger partial charge is 0.484 e. The summed E-state index contributed by atoms with van der Waals surface area (Å²) in [5.74, 6) is 0.774. The Morgan fingerprint density at radius 1 is 1.12 bits per heavy atom. The lowest BCUT2D eigenvalue weighted by atomic mass is 10.2. The van der Waals surface area contributed by atoms with Crippen LogP contribution in [0.5, 0.6) is 5.75 Å². The molecule has 0 saturated carbocycles. The van der Waals surface area contributed by atoms with Crippen LogP contribution in [0, 0.1) is 0 Å². The molecule has 2 aromatic carbocycles. The van der Waals surface area contributed by atoms with Gasteiger partial charge >= 0.3 is 0 Å². The Bertz CT molecular complexity index is 732. The molecule has 7 heteroatoms. The number of hydrogen-bond acceptors (Lipinski definition) is 3. The fourth-order valence-electron chi connectivity index (χ4n) is 2.09.